The van der Waals surface area contributed by atoms with Crippen molar-refractivity contribution in [3.05, 3.63) is 24.3 Å². The first-order valence-electron chi connectivity index (χ1n) is 9.49. The highest BCUT2D eigenvalue weighted by Crippen LogP contribution is 2.75. The molecule has 0 spiro atoms. The van der Waals surface area contributed by atoms with Crippen LogP contribution >= 0.6 is 0 Å². The number of rotatable bonds is 2. The molecule has 2 nitrogen and oxygen atoms in total. The van der Waals surface area contributed by atoms with Crippen molar-refractivity contribution in [2.75, 3.05) is 13.7 Å². The van der Waals surface area contributed by atoms with Gasteiger partial charge in [-0.15, -0.1) is 0 Å². The Morgan fingerprint density at radius 1 is 1.35 bits per heavy atom. The predicted octanol–water partition coefficient (Wildman–Crippen LogP) is 4.37. The van der Waals surface area contributed by atoms with Crippen LogP contribution < -0.4 is 0 Å². The van der Waals surface area contributed by atoms with Gasteiger partial charge in [-0.05, 0) is 49.9 Å². The molecule has 0 unspecified atom stereocenters. The molecule has 0 aromatic carbocycles. The van der Waals surface area contributed by atoms with Gasteiger partial charge in [-0.1, -0.05) is 37.6 Å². The number of epoxide rings is 1. The monoisotopic (exact) mass is 314 g/mol. The molecule has 4 fully saturated rings. The molecule has 2 bridgehead atoms. The van der Waals surface area contributed by atoms with Gasteiger partial charge in [0.2, 0.25) is 0 Å². The third-order valence-corrected chi connectivity index (χ3v) is 8.62. The fourth-order valence-corrected chi connectivity index (χ4v) is 7.48. The van der Waals surface area contributed by atoms with Crippen molar-refractivity contribution in [2.24, 2.45) is 34.5 Å². The maximum atomic E-state index is 6.33. The molecule has 0 aromatic rings. The maximum absolute atomic E-state index is 6.33. The maximum Gasteiger partial charge on any atom is 0.0991 e. The lowest BCUT2D eigenvalue weighted by atomic mass is 9.34. The molecular weight excluding hydrogens is 284 g/mol. The van der Waals surface area contributed by atoms with Gasteiger partial charge >= 0.3 is 0 Å². The van der Waals surface area contributed by atoms with Crippen LogP contribution in [0.5, 0.6) is 0 Å². The van der Waals surface area contributed by atoms with Gasteiger partial charge in [0.15, 0.2) is 0 Å². The zero-order valence-electron chi connectivity index (χ0n) is 14.8. The SMILES string of the molecule is C=C1C[C@@H]2C=C[C@H]([C@H]3CCC[C@@]4(C)C[C@H]1[C@@]34COC)[C@@]1(C)O[C@@H]21. The molecule has 0 radical (unpaired) electrons. The molecule has 1 aliphatic heterocycles. The van der Waals surface area contributed by atoms with Crippen LogP contribution in [0, 0.1) is 34.5 Å². The molecule has 6 aliphatic rings. The molecular formula is C21H30O2. The Balaban J connectivity index is 1.68. The summed E-state index contributed by atoms with van der Waals surface area (Å²) >= 11 is 0. The van der Waals surface area contributed by atoms with E-state index in [-0.39, 0.29) is 11.0 Å². The summed E-state index contributed by atoms with van der Waals surface area (Å²) in [4.78, 5) is 0. The van der Waals surface area contributed by atoms with Crippen molar-refractivity contribution in [3.63, 3.8) is 0 Å². The van der Waals surface area contributed by atoms with Gasteiger partial charge in [-0.2, -0.15) is 0 Å². The minimum Gasteiger partial charge on any atom is -0.384 e. The average Bonchev–Trinajstić information content (AvgIpc) is 3.19. The summed E-state index contributed by atoms with van der Waals surface area (Å²) in [6.45, 7) is 10.4. The van der Waals surface area contributed by atoms with Crippen molar-refractivity contribution < 1.29 is 9.47 Å². The number of fused-ring (bicyclic) bond motifs is 1. The van der Waals surface area contributed by atoms with Gasteiger partial charge in [0.05, 0.1) is 18.3 Å². The number of methoxy groups -OCH3 is 1. The molecule has 2 heteroatoms. The molecule has 6 rings (SSSR count). The smallest absolute Gasteiger partial charge is 0.0991 e. The summed E-state index contributed by atoms with van der Waals surface area (Å²) < 4.78 is 12.2. The third kappa shape index (κ3) is 1.54. The topological polar surface area (TPSA) is 21.8 Å². The van der Waals surface area contributed by atoms with Crippen molar-refractivity contribution >= 4 is 0 Å². The molecule has 0 N–H and O–H groups in total. The van der Waals surface area contributed by atoms with Gasteiger partial charge in [0, 0.05) is 24.4 Å². The first-order valence-corrected chi connectivity index (χ1v) is 9.49. The lowest BCUT2D eigenvalue weighted by molar-refractivity contribution is -0.226. The van der Waals surface area contributed by atoms with Gasteiger partial charge in [-0.25, -0.2) is 0 Å². The second-order valence-electron chi connectivity index (χ2n) is 9.45. The lowest BCUT2D eigenvalue weighted by Crippen LogP contribution is -2.66. The van der Waals surface area contributed by atoms with Crippen LogP contribution in [0.2, 0.25) is 0 Å². The second-order valence-corrected chi connectivity index (χ2v) is 9.45. The zero-order valence-corrected chi connectivity index (χ0v) is 14.8. The highest BCUT2D eigenvalue weighted by molar-refractivity contribution is 5.33. The molecule has 8 atom stereocenters. The van der Waals surface area contributed by atoms with E-state index in [0.717, 1.165) is 13.0 Å². The Morgan fingerprint density at radius 3 is 2.96 bits per heavy atom. The van der Waals surface area contributed by atoms with E-state index in [0.29, 0.717) is 35.2 Å². The van der Waals surface area contributed by atoms with E-state index in [2.05, 4.69) is 32.6 Å². The van der Waals surface area contributed by atoms with E-state index in [1.807, 2.05) is 7.11 Å². The Kier molecular flexibility index (Phi) is 2.77. The Bertz CT molecular complexity index is 595. The van der Waals surface area contributed by atoms with Crippen molar-refractivity contribution in [1.29, 1.82) is 0 Å². The lowest BCUT2D eigenvalue weighted by Gasteiger charge is -2.70. The molecule has 23 heavy (non-hydrogen) atoms. The van der Waals surface area contributed by atoms with E-state index in [1.54, 1.807) is 0 Å². The van der Waals surface area contributed by atoms with Crippen LogP contribution in [0.15, 0.2) is 24.3 Å². The zero-order chi connectivity index (χ0) is 16.0. The molecule has 5 aliphatic carbocycles. The van der Waals surface area contributed by atoms with Crippen molar-refractivity contribution in [3.8, 4) is 0 Å². The van der Waals surface area contributed by atoms with E-state index in [4.69, 9.17) is 9.47 Å². The summed E-state index contributed by atoms with van der Waals surface area (Å²) in [5.41, 5.74) is 2.26. The number of ether oxygens (including phenoxy) is 2. The molecule has 3 saturated carbocycles. The molecule has 1 saturated heterocycles. The molecule has 126 valence electrons. The predicted molar refractivity (Wildman–Crippen MR) is 91.0 cm³/mol. The number of hydrogen-bond donors (Lipinski definition) is 0. The van der Waals surface area contributed by atoms with Crippen molar-refractivity contribution in [2.45, 2.75) is 57.7 Å². The Hall–Kier alpha value is -0.600. The fourth-order valence-electron chi connectivity index (χ4n) is 7.48. The van der Waals surface area contributed by atoms with Crippen LogP contribution in [-0.4, -0.2) is 25.4 Å². The normalized spacial score (nSPS) is 59.3. The number of allylic oxidation sites excluding steroid dienone is 1. The van der Waals surface area contributed by atoms with E-state index in [1.165, 1.54) is 31.3 Å². The fraction of sp³-hybridized carbons (Fsp3) is 0.810. The summed E-state index contributed by atoms with van der Waals surface area (Å²) in [6.07, 6.45) is 11.9. The minimum atomic E-state index is 0.0772. The molecule has 0 aromatic heterocycles. The van der Waals surface area contributed by atoms with Crippen molar-refractivity contribution in [1.82, 2.24) is 0 Å². The summed E-state index contributed by atoms with van der Waals surface area (Å²) in [5.74, 6) is 2.45. The van der Waals surface area contributed by atoms with Gasteiger partial charge in [0.25, 0.3) is 0 Å². The Morgan fingerprint density at radius 2 is 2.17 bits per heavy atom. The summed E-state index contributed by atoms with van der Waals surface area (Å²) in [7, 11) is 1.89. The first-order chi connectivity index (χ1) is 11.0. The Labute approximate surface area is 140 Å². The molecule has 0 amide bonds. The van der Waals surface area contributed by atoms with Crippen LogP contribution in [0.1, 0.15) is 46.0 Å². The van der Waals surface area contributed by atoms with E-state index in [9.17, 15) is 0 Å². The quantitative estimate of drug-likeness (QED) is 0.558. The van der Waals surface area contributed by atoms with Crippen LogP contribution in [0.4, 0.5) is 0 Å². The third-order valence-electron chi connectivity index (χ3n) is 8.62. The average molecular weight is 314 g/mol. The van der Waals surface area contributed by atoms with Crippen LogP contribution in [0.3, 0.4) is 0 Å². The highest BCUT2D eigenvalue weighted by atomic mass is 16.6. The second kappa shape index (κ2) is 4.32. The number of hydrogen-bond acceptors (Lipinski definition) is 2. The standard InChI is InChI=1S/C21H30O2/c1-13-10-14-7-8-15(20(3)18(14)23-20)16-6-5-9-19(2)11-17(13)21(16,19)12-22-4/h7-8,14-18H,1,5-6,9-12H2,2-4H3/t14-,15+,16+,17+,18-,19-,20+,21+/m0/s1. The summed E-state index contributed by atoms with van der Waals surface area (Å²) in [6, 6.07) is 0. The molecule has 1 heterocycles. The van der Waals surface area contributed by atoms with E-state index >= 15 is 0 Å². The van der Waals surface area contributed by atoms with Gasteiger partial charge < -0.3 is 9.47 Å². The minimum absolute atomic E-state index is 0.0772. The van der Waals surface area contributed by atoms with Gasteiger partial charge in [-0.3, -0.25) is 0 Å². The van der Waals surface area contributed by atoms with Crippen LogP contribution in [-0.2, 0) is 9.47 Å². The van der Waals surface area contributed by atoms with E-state index < -0.39 is 0 Å². The highest BCUT2D eigenvalue weighted by Gasteiger charge is 2.73. The van der Waals surface area contributed by atoms with Gasteiger partial charge in [0.1, 0.15) is 0 Å². The largest absolute Gasteiger partial charge is 0.384 e. The first kappa shape index (κ1) is 14.7. The van der Waals surface area contributed by atoms with Crippen LogP contribution in [0.25, 0.3) is 0 Å². The summed E-state index contributed by atoms with van der Waals surface area (Å²) in [5, 5.41) is 0.